The van der Waals surface area contributed by atoms with E-state index in [1.165, 1.54) is 24.2 Å². The molecule has 0 saturated carbocycles. The first-order valence-electron chi connectivity index (χ1n) is 13.2. The number of hydrogen-bond donors (Lipinski definition) is 0. The number of aromatic nitrogens is 4. The topological polar surface area (TPSA) is 102 Å². The van der Waals surface area contributed by atoms with Gasteiger partial charge in [-0.3, -0.25) is 4.79 Å². The number of carbonyl (C=O) groups excluding carboxylic acids is 1. The minimum absolute atomic E-state index is 0.0638. The minimum Gasteiger partial charge on any atom is -0.352 e. The third-order valence-corrected chi connectivity index (χ3v) is 8.89. The van der Waals surface area contributed by atoms with Crippen molar-refractivity contribution in [3.8, 4) is 6.07 Å². The number of hydrogen-bond acceptors (Lipinski definition) is 9. The maximum Gasteiger partial charge on any atom is 0.419 e. The molecule has 3 aliphatic rings. The number of amides is 1. The van der Waals surface area contributed by atoms with Crippen molar-refractivity contribution in [3.05, 3.63) is 29.2 Å². The molecule has 5 rings (SSSR count). The normalized spacial score (nSPS) is 23.5. The van der Waals surface area contributed by atoms with E-state index in [0.717, 1.165) is 17.4 Å². The van der Waals surface area contributed by atoms with Crippen molar-refractivity contribution in [3.63, 3.8) is 0 Å². The molecule has 0 aromatic carbocycles. The summed E-state index contributed by atoms with van der Waals surface area (Å²) in [5, 5.41) is 16.5. The van der Waals surface area contributed by atoms with Crippen LogP contribution < -0.4 is 9.80 Å². The summed E-state index contributed by atoms with van der Waals surface area (Å²) in [6.45, 7) is 10.7. The number of thioether (sulfide) groups is 1. The van der Waals surface area contributed by atoms with E-state index in [1.807, 2.05) is 39.5 Å². The molecular weight excluding hydrogens is 548 g/mol. The van der Waals surface area contributed by atoms with Gasteiger partial charge in [-0.05, 0) is 25.2 Å². The summed E-state index contributed by atoms with van der Waals surface area (Å²) in [6, 6.07) is 2.08. The van der Waals surface area contributed by atoms with Crippen molar-refractivity contribution in [1.29, 1.82) is 5.26 Å². The SMILES string of the molecule is CC.CC1CN(c2ncnc3c2C(C)(C)CN3c2cc(C(F)(F)F)c(C#N)nn2)CCN1C(=O)C1(CF)CCS1. The smallest absolute Gasteiger partial charge is 0.352 e. The number of nitrogens with zero attached hydrogens (tertiary/aromatic N) is 8. The molecular formula is C26H32F4N8OS. The number of alkyl halides is 4. The molecule has 14 heteroatoms. The minimum atomic E-state index is -4.77. The van der Waals surface area contributed by atoms with Crippen LogP contribution >= 0.6 is 11.8 Å². The Morgan fingerprint density at radius 1 is 1.20 bits per heavy atom. The van der Waals surface area contributed by atoms with Crippen LogP contribution in [0.15, 0.2) is 12.4 Å². The third-order valence-electron chi connectivity index (χ3n) is 7.44. The maximum atomic E-state index is 13.7. The van der Waals surface area contributed by atoms with Gasteiger partial charge in [-0.1, -0.05) is 27.7 Å². The van der Waals surface area contributed by atoms with Crippen LogP contribution in [0.2, 0.25) is 0 Å². The van der Waals surface area contributed by atoms with E-state index in [0.29, 0.717) is 37.7 Å². The van der Waals surface area contributed by atoms with Crippen molar-refractivity contribution in [1.82, 2.24) is 25.1 Å². The van der Waals surface area contributed by atoms with Crippen LogP contribution in [0.25, 0.3) is 0 Å². The van der Waals surface area contributed by atoms with Gasteiger partial charge in [0.15, 0.2) is 11.5 Å². The lowest BCUT2D eigenvalue weighted by molar-refractivity contribution is -0.138. The van der Waals surface area contributed by atoms with Gasteiger partial charge >= 0.3 is 6.18 Å². The number of fused-ring (bicyclic) bond motifs is 1. The molecule has 0 bridgehead atoms. The molecule has 0 N–H and O–H groups in total. The van der Waals surface area contributed by atoms with E-state index in [-0.39, 0.29) is 24.3 Å². The molecule has 5 heterocycles. The average molecular weight is 581 g/mol. The van der Waals surface area contributed by atoms with Crippen molar-refractivity contribution >= 4 is 35.1 Å². The molecule has 2 unspecified atom stereocenters. The molecule has 40 heavy (non-hydrogen) atoms. The standard InChI is InChI=1S/C24H26F4N8OS.C2H6/c1-14-10-34(5-6-35(14)21(37)23(11-25)4-7-38-23)19-18-20(31-13-30-19)36(12-22(18,2)3)17-8-15(24(26,27)28)16(9-29)32-33-17;1-2/h8,13-14H,4-7,10-12H2,1-3H3;1-2H3. The Bertz CT molecular complexity index is 1310. The molecule has 2 saturated heterocycles. The number of anilines is 3. The van der Waals surface area contributed by atoms with Gasteiger partial charge in [0.1, 0.15) is 35.5 Å². The number of carbonyl (C=O) groups is 1. The van der Waals surface area contributed by atoms with E-state index >= 15 is 0 Å². The lowest BCUT2D eigenvalue weighted by Crippen LogP contribution is -2.61. The summed E-state index contributed by atoms with van der Waals surface area (Å²) in [5.74, 6) is 1.60. The first-order valence-corrected chi connectivity index (χ1v) is 14.1. The highest BCUT2D eigenvalue weighted by Gasteiger charge is 2.50. The summed E-state index contributed by atoms with van der Waals surface area (Å²) < 4.78 is 53.5. The second kappa shape index (κ2) is 11.0. The molecule has 2 aromatic rings. The first-order chi connectivity index (χ1) is 18.9. The first kappa shape index (κ1) is 29.8. The highest BCUT2D eigenvalue weighted by atomic mass is 32.2. The van der Waals surface area contributed by atoms with Gasteiger partial charge in [-0.2, -0.15) is 18.4 Å². The third kappa shape index (κ3) is 5.04. The van der Waals surface area contributed by atoms with Crippen molar-refractivity contribution in [2.24, 2.45) is 0 Å². The van der Waals surface area contributed by atoms with Gasteiger partial charge in [-0.15, -0.1) is 22.0 Å². The Kier molecular flexibility index (Phi) is 8.18. The molecule has 0 aliphatic carbocycles. The van der Waals surface area contributed by atoms with Gasteiger partial charge in [0, 0.05) is 43.2 Å². The quantitative estimate of drug-likeness (QED) is 0.484. The summed E-state index contributed by atoms with van der Waals surface area (Å²) in [4.78, 5) is 27.4. The summed E-state index contributed by atoms with van der Waals surface area (Å²) in [5.41, 5.74) is -1.76. The lowest BCUT2D eigenvalue weighted by atomic mass is 9.87. The Balaban J connectivity index is 0.00000181. The Hall–Kier alpha value is -3.21. The fourth-order valence-electron chi connectivity index (χ4n) is 5.36. The van der Waals surface area contributed by atoms with Gasteiger partial charge in [0.2, 0.25) is 5.91 Å². The van der Waals surface area contributed by atoms with E-state index < -0.39 is 34.3 Å². The molecule has 0 spiro atoms. The Labute approximate surface area is 235 Å². The molecule has 9 nitrogen and oxygen atoms in total. The second-order valence-corrected chi connectivity index (χ2v) is 11.9. The molecule has 1 amide bonds. The van der Waals surface area contributed by atoms with Crippen LogP contribution in [0, 0.1) is 11.3 Å². The van der Waals surface area contributed by atoms with Crippen LogP contribution in [0.1, 0.15) is 57.9 Å². The highest BCUT2D eigenvalue weighted by Crippen LogP contribution is 2.47. The number of piperazine rings is 1. The zero-order valence-corrected chi connectivity index (χ0v) is 23.9. The van der Waals surface area contributed by atoms with E-state index in [9.17, 15) is 22.4 Å². The lowest BCUT2D eigenvalue weighted by Gasteiger charge is -2.47. The monoisotopic (exact) mass is 580 g/mol. The van der Waals surface area contributed by atoms with Crippen molar-refractivity contribution in [2.75, 3.05) is 48.4 Å². The highest BCUT2D eigenvalue weighted by molar-refractivity contribution is 8.02. The van der Waals surface area contributed by atoms with Crippen molar-refractivity contribution < 1.29 is 22.4 Å². The predicted octanol–water partition coefficient (Wildman–Crippen LogP) is 4.49. The van der Waals surface area contributed by atoms with Gasteiger partial charge in [0.25, 0.3) is 0 Å². The number of halogens is 4. The summed E-state index contributed by atoms with van der Waals surface area (Å²) in [6.07, 6.45) is -2.87. The maximum absolute atomic E-state index is 13.7. The second-order valence-electron chi connectivity index (χ2n) is 10.5. The predicted molar refractivity (Wildman–Crippen MR) is 144 cm³/mol. The van der Waals surface area contributed by atoms with Crippen LogP contribution in [0.3, 0.4) is 0 Å². The summed E-state index contributed by atoms with van der Waals surface area (Å²) in [7, 11) is 0. The van der Waals surface area contributed by atoms with Crippen LogP contribution in [-0.4, -0.2) is 80.4 Å². The Morgan fingerprint density at radius 2 is 1.88 bits per heavy atom. The number of nitriles is 1. The Morgan fingerprint density at radius 3 is 2.42 bits per heavy atom. The molecule has 216 valence electrons. The zero-order chi connectivity index (χ0) is 29.5. The summed E-state index contributed by atoms with van der Waals surface area (Å²) >= 11 is 1.37. The van der Waals surface area contributed by atoms with Gasteiger partial charge in [-0.25, -0.2) is 14.4 Å². The van der Waals surface area contributed by atoms with Crippen LogP contribution in [0.5, 0.6) is 0 Å². The van der Waals surface area contributed by atoms with Crippen LogP contribution in [0.4, 0.5) is 35.0 Å². The average Bonchev–Trinajstić information content (AvgIpc) is 3.19. The van der Waals surface area contributed by atoms with E-state index in [2.05, 4.69) is 20.2 Å². The molecule has 2 aromatic heterocycles. The van der Waals surface area contributed by atoms with Crippen molar-refractivity contribution in [2.45, 2.75) is 63.4 Å². The van der Waals surface area contributed by atoms with Gasteiger partial charge in [0.05, 0.1) is 5.56 Å². The largest absolute Gasteiger partial charge is 0.419 e. The zero-order valence-electron chi connectivity index (χ0n) is 23.1. The molecule has 2 fully saturated rings. The molecule has 3 aliphatic heterocycles. The molecule has 2 atom stereocenters. The fraction of sp³-hybridized carbons (Fsp3) is 0.615. The van der Waals surface area contributed by atoms with E-state index in [1.54, 1.807) is 9.80 Å². The van der Waals surface area contributed by atoms with E-state index in [4.69, 9.17) is 5.26 Å². The van der Waals surface area contributed by atoms with Gasteiger partial charge < -0.3 is 14.7 Å². The molecule has 0 radical (unpaired) electrons. The fourth-order valence-corrected chi connectivity index (χ4v) is 6.38. The van der Waals surface area contributed by atoms with Crippen LogP contribution in [-0.2, 0) is 16.4 Å². The number of rotatable bonds is 4.